The summed E-state index contributed by atoms with van der Waals surface area (Å²) in [4.78, 5) is 68.6. The predicted octanol–water partition coefficient (Wildman–Crippen LogP) is -1.35. The van der Waals surface area contributed by atoms with Crippen LogP contribution in [0, 0.1) is 11.8 Å². The Kier molecular flexibility index (Phi) is 10.5. The number of ketones is 1. The number of carbonyl (C=O) groups excluding carboxylic acids is 4. The lowest BCUT2D eigenvalue weighted by Gasteiger charge is -2.27. The number of aldehydes is 1. The van der Waals surface area contributed by atoms with Crippen LogP contribution in [0.5, 0.6) is 5.75 Å². The van der Waals surface area contributed by atoms with Crippen molar-refractivity contribution >= 4 is 29.9 Å². The average Bonchev–Trinajstić information content (AvgIpc) is 3.35. The van der Waals surface area contributed by atoms with Crippen molar-refractivity contribution in [3.8, 4) is 5.75 Å². The molecular formula is C24H32N6O7. The van der Waals surface area contributed by atoms with E-state index in [4.69, 9.17) is 11.5 Å². The van der Waals surface area contributed by atoms with E-state index in [-0.39, 0.29) is 24.9 Å². The molecule has 0 fully saturated rings. The quantitative estimate of drug-likeness (QED) is 0.115. The van der Waals surface area contributed by atoms with Crippen molar-refractivity contribution in [1.82, 2.24) is 20.6 Å². The second-order valence-electron chi connectivity index (χ2n) is 8.96. The number of benzene rings is 1. The molecule has 200 valence electrons. The maximum atomic E-state index is 13.2. The van der Waals surface area contributed by atoms with Gasteiger partial charge in [0, 0.05) is 12.6 Å². The van der Waals surface area contributed by atoms with E-state index in [2.05, 4.69) is 20.6 Å². The zero-order valence-corrected chi connectivity index (χ0v) is 20.5. The van der Waals surface area contributed by atoms with Crippen molar-refractivity contribution in [3.05, 3.63) is 48.0 Å². The molecule has 1 aromatic carbocycles. The van der Waals surface area contributed by atoms with E-state index in [0.29, 0.717) is 11.3 Å². The molecule has 0 aliphatic heterocycles. The number of aromatic hydroxyl groups is 1. The Labute approximate surface area is 213 Å². The van der Waals surface area contributed by atoms with Gasteiger partial charge in [0.05, 0.1) is 30.1 Å². The third-order valence-corrected chi connectivity index (χ3v) is 5.72. The molecule has 0 spiro atoms. The number of aromatic amines is 1. The number of aliphatic carboxylic acids is 1. The Morgan fingerprint density at radius 2 is 1.70 bits per heavy atom. The number of imidazole rings is 1. The van der Waals surface area contributed by atoms with Gasteiger partial charge in [-0.2, -0.15) is 0 Å². The molecular weight excluding hydrogens is 484 g/mol. The average molecular weight is 517 g/mol. The highest BCUT2D eigenvalue weighted by Gasteiger charge is 2.39. The van der Waals surface area contributed by atoms with Crippen LogP contribution in [0.2, 0.25) is 0 Å². The predicted molar refractivity (Wildman–Crippen MR) is 131 cm³/mol. The first-order valence-corrected chi connectivity index (χ1v) is 11.5. The van der Waals surface area contributed by atoms with Gasteiger partial charge < -0.3 is 42.1 Å². The summed E-state index contributed by atoms with van der Waals surface area (Å²) in [5.41, 5.74) is 12.6. The molecule has 0 bridgehead atoms. The highest BCUT2D eigenvalue weighted by atomic mass is 16.4. The minimum atomic E-state index is -1.90. The van der Waals surface area contributed by atoms with E-state index in [0.717, 1.165) is 0 Å². The Hall–Kier alpha value is -4.10. The number of carboxylic acid groups (broad SMARTS) is 1. The summed E-state index contributed by atoms with van der Waals surface area (Å²) in [6.45, 7) is 3.34. The SMILES string of the molecule is CC(C)[C@H](NC(=O)[C@@H](N)Cc1ccc(O)cc1)C(=O)N[C@@H](Cc1c[nH]cn1)C(=O)C(C(=O)O)C(N)C=O. The molecule has 0 aliphatic rings. The van der Waals surface area contributed by atoms with Crippen molar-refractivity contribution in [2.24, 2.45) is 23.3 Å². The van der Waals surface area contributed by atoms with Gasteiger partial charge in [0.1, 0.15) is 24.0 Å². The first-order chi connectivity index (χ1) is 17.4. The molecule has 1 aromatic heterocycles. The van der Waals surface area contributed by atoms with Gasteiger partial charge in [-0.3, -0.25) is 19.2 Å². The maximum absolute atomic E-state index is 13.2. The van der Waals surface area contributed by atoms with Crippen molar-refractivity contribution in [1.29, 1.82) is 0 Å². The number of nitrogens with one attached hydrogen (secondary N) is 3. The number of carbonyl (C=O) groups is 5. The number of H-pyrrole nitrogens is 1. The van der Waals surface area contributed by atoms with E-state index < -0.39 is 59.6 Å². The number of carboxylic acids is 1. The third-order valence-electron chi connectivity index (χ3n) is 5.72. The summed E-state index contributed by atoms with van der Waals surface area (Å²) >= 11 is 0. The fraction of sp³-hybridized carbons (Fsp3) is 0.417. The zero-order chi connectivity index (χ0) is 27.7. The Balaban J connectivity index is 2.20. The van der Waals surface area contributed by atoms with Crippen molar-refractivity contribution in [2.45, 2.75) is 50.9 Å². The standard InChI is InChI=1S/C24H32N6O7/c1-12(2)20(30-22(34)16(25)7-13-3-5-15(32)6-4-13)23(35)29-18(8-14-9-27-11-28-14)21(33)19(24(36)37)17(26)10-31/h3-6,9-12,16-20,32H,7-8,25-26H2,1-2H3,(H,27,28)(H,29,35)(H,30,34)(H,36,37)/t16-,17?,18-,19?,20-/m0/s1. The van der Waals surface area contributed by atoms with Gasteiger partial charge in [-0.1, -0.05) is 26.0 Å². The summed E-state index contributed by atoms with van der Waals surface area (Å²) in [6, 6.07) is 1.00. The van der Waals surface area contributed by atoms with E-state index in [1.807, 2.05) is 0 Å². The molecule has 37 heavy (non-hydrogen) atoms. The molecule has 9 N–H and O–H groups in total. The lowest BCUT2D eigenvalue weighted by molar-refractivity contribution is -0.149. The van der Waals surface area contributed by atoms with Crippen LogP contribution in [0.25, 0.3) is 0 Å². The number of amides is 2. The van der Waals surface area contributed by atoms with Crippen LogP contribution < -0.4 is 22.1 Å². The van der Waals surface area contributed by atoms with Gasteiger partial charge in [0.15, 0.2) is 5.78 Å². The van der Waals surface area contributed by atoms with Crippen LogP contribution in [0.15, 0.2) is 36.8 Å². The fourth-order valence-corrected chi connectivity index (χ4v) is 3.64. The van der Waals surface area contributed by atoms with Crippen molar-refractivity contribution < 1.29 is 34.2 Å². The van der Waals surface area contributed by atoms with Crippen molar-refractivity contribution in [2.75, 3.05) is 0 Å². The molecule has 2 rings (SSSR count). The van der Waals surface area contributed by atoms with E-state index in [9.17, 15) is 34.2 Å². The molecule has 13 heteroatoms. The second kappa shape index (κ2) is 13.3. The van der Waals surface area contributed by atoms with Crippen LogP contribution in [-0.4, -0.2) is 74.2 Å². The summed E-state index contributed by atoms with van der Waals surface area (Å²) in [5.74, 6) is -6.23. The number of phenols is 1. The molecule has 2 unspecified atom stereocenters. The second-order valence-corrected chi connectivity index (χ2v) is 8.96. The zero-order valence-electron chi connectivity index (χ0n) is 20.5. The molecule has 0 aliphatic carbocycles. The molecule has 0 saturated heterocycles. The van der Waals surface area contributed by atoms with Gasteiger partial charge in [0.25, 0.3) is 0 Å². The van der Waals surface area contributed by atoms with Gasteiger partial charge >= 0.3 is 5.97 Å². The number of nitrogens with zero attached hydrogens (tertiary/aromatic N) is 1. The monoisotopic (exact) mass is 516 g/mol. The summed E-state index contributed by atoms with van der Waals surface area (Å²) in [5, 5.41) is 24.0. The normalized spacial score (nSPS) is 15.2. The molecule has 13 nitrogen and oxygen atoms in total. The number of nitrogens with two attached hydrogens (primary N) is 2. The van der Waals surface area contributed by atoms with Crippen LogP contribution in [0.4, 0.5) is 0 Å². The van der Waals surface area contributed by atoms with Crippen LogP contribution in [-0.2, 0) is 36.8 Å². The van der Waals surface area contributed by atoms with E-state index in [1.165, 1.54) is 24.7 Å². The lowest BCUT2D eigenvalue weighted by atomic mass is 9.89. The van der Waals surface area contributed by atoms with Crippen LogP contribution in [0.1, 0.15) is 25.1 Å². The number of hydrogen-bond donors (Lipinski definition) is 7. The highest BCUT2D eigenvalue weighted by Crippen LogP contribution is 2.13. The molecule has 0 radical (unpaired) electrons. The minimum absolute atomic E-state index is 0.0662. The maximum Gasteiger partial charge on any atom is 0.316 e. The molecule has 0 saturated carbocycles. The summed E-state index contributed by atoms with van der Waals surface area (Å²) < 4.78 is 0. The van der Waals surface area contributed by atoms with Crippen LogP contribution in [0.3, 0.4) is 0 Å². The number of Topliss-reactive ketones (excluding diaryl/α,β-unsaturated/α-hetero) is 1. The number of phenolic OH excluding ortho intramolecular Hbond substituents is 1. The topological polar surface area (TPSA) is 231 Å². The third kappa shape index (κ3) is 8.22. The molecule has 2 amide bonds. The molecule has 1 heterocycles. The van der Waals surface area contributed by atoms with Gasteiger partial charge in [-0.15, -0.1) is 0 Å². The first kappa shape index (κ1) is 29.1. The molecule has 2 aromatic rings. The number of aromatic nitrogens is 2. The Bertz CT molecular complexity index is 1090. The fourth-order valence-electron chi connectivity index (χ4n) is 3.64. The van der Waals surface area contributed by atoms with Gasteiger partial charge in [0.2, 0.25) is 11.8 Å². The molecule has 5 atom stereocenters. The largest absolute Gasteiger partial charge is 0.508 e. The number of hydrogen-bond acceptors (Lipinski definition) is 9. The smallest absolute Gasteiger partial charge is 0.316 e. The number of rotatable bonds is 14. The minimum Gasteiger partial charge on any atom is -0.508 e. The first-order valence-electron chi connectivity index (χ1n) is 11.5. The lowest BCUT2D eigenvalue weighted by Crippen LogP contribution is -2.58. The van der Waals surface area contributed by atoms with E-state index >= 15 is 0 Å². The van der Waals surface area contributed by atoms with Gasteiger partial charge in [-0.25, -0.2) is 4.98 Å². The van der Waals surface area contributed by atoms with Crippen LogP contribution >= 0.6 is 0 Å². The van der Waals surface area contributed by atoms with Crippen molar-refractivity contribution in [3.63, 3.8) is 0 Å². The highest BCUT2D eigenvalue weighted by molar-refractivity contribution is 6.05. The van der Waals surface area contributed by atoms with E-state index in [1.54, 1.807) is 26.0 Å². The Morgan fingerprint density at radius 3 is 2.22 bits per heavy atom. The van der Waals surface area contributed by atoms with Gasteiger partial charge in [-0.05, 0) is 30.0 Å². The summed E-state index contributed by atoms with van der Waals surface area (Å²) in [7, 11) is 0. The summed E-state index contributed by atoms with van der Waals surface area (Å²) in [6.07, 6.45) is 2.92. The Morgan fingerprint density at radius 1 is 1.05 bits per heavy atom.